The first-order valence-electron chi connectivity index (χ1n) is 10.8. The number of benzene rings is 3. The van der Waals surface area contributed by atoms with Crippen LogP contribution in [0.4, 0.5) is 24.5 Å². The second kappa shape index (κ2) is 12.5. The van der Waals surface area contributed by atoms with Crippen molar-refractivity contribution in [2.45, 2.75) is 6.36 Å². The molecule has 8 nitrogen and oxygen atoms in total. The lowest BCUT2D eigenvalue weighted by molar-refractivity contribution is -0.274. The van der Waals surface area contributed by atoms with Crippen molar-refractivity contribution in [2.75, 3.05) is 24.4 Å². The number of hydrogen-bond acceptors (Lipinski definition) is 7. The quantitative estimate of drug-likeness (QED) is 0.193. The maximum absolute atomic E-state index is 12.3. The minimum absolute atomic E-state index is 0.297. The van der Waals surface area contributed by atoms with E-state index in [4.69, 9.17) is 0 Å². The lowest BCUT2D eigenvalue weighted by Gasteiger charge is -2.13. The fraction of sp³-hybridized carbons (Fsp3) is 0.120. The van der Waals surface area contributed by atoms with Crippen LogP contribution in [0, 0.1) is 0 Å². The van der Waals surface area contributed by atoms with E-state index in [0.29, 0.717) is 11.5 Å². The molecule has 192 valence electrons. The van der Waals surface area contributed by atoms with E-state index in [1.807, 2.05) is 67.5 Å². The topological polar surface area (TPSA) is 93.6 Å². The molecular formula is C25H24F3N7OS. The Morgan fingerprint density at radius 1 is 1.05 bits per heavy atom. The molecule has 0 atom stereocenters. The van der Waals surface area contributed by atoms with Crippen LogP contribution in [0.3, 0.4) is 0 Å². The third kappa shape index (κ3) is 8.32. The predicted molar refractivity (Wildman–Crippen MR) is 143 cm³/mol. The van der Waals surface area contributed by atoms with Crippen molar-refractivity contribution in [1.29, 1.82) is 0 Å². The highest BCUT2D eigenvalue weighted by Gasteiger charge is 2.31. The number of rotatable bonds is 7. The average Bonchev–Trinajstić information content (AvgIpc) is 3.35. The first kappa shape index (κ1) is 27.1. The molecule has 0 saturated carbocycles. The van der Waals surface area contributed by atoms with Crippen molar-refractivity contribution >= 4 is 35.3 Å². The highest BCUT2D eigenvalue weighted by Crippen LogP contribution is 2.24. The van der Waals surface area contributed by atoms with Crippen molar-refractivity contribution in [3.63, 3.8) is 0 Å². The molecule has 12 heteroatoms. The average molecular weight is 528 g/mol. The van der Waals surface area contributed by atoms with Gasteiger partial charge in [-0.15, -0.1) is 18.3 Å². The van der Waals surface area contributed by atoms with Gasteiger partial charge in [0.1, 0.15) is 12.1 Å². The predicted octanol–water partition coefficient (Wildman–Crippen LogP) is 5.25. The third-order valence-electron chi connectivity index (χ3n) is 4.77. The maximum Gasteiger partial charge on any atom is 0.573 e. The molecule has 37 heavy (non-hydrogen) atoms. The number of alkyl halides is 3. The van der Waals surface area contributed by atoms with Crippen LogP contribution in [0.1, 0.15) is 5.56 Å². The zero-order chi connectivity index (χ0) is 26.8. The number of nitrogens with zero attached hydrogens (tertiary/aromatic N) is 5. The van der Waals surface area contributed by atoms with Crippen LogP contribution < -0.4 is 20.8 Å². The van der Waals surface area contributed by atoms with Crippen LogP contribution >= 0.6 is 12.2 Å². The van der Waals surface area contributed by atoms with Gasteiger partial charge in [-0.2, -0.15) is 5.10 Å². The molecule has 3 aromatic carbocycles. The Balaban J connectivity index is 0.00000121. The summed E-state index contributed by atoms with van der Waals surface area (Å²) in [5, 5.41) is 8.68. The van der Waals surface area contributed by atoms with Gasteiger partial charge >= 0.3 is 6.36 Å². The number of thiocarbonyl (C=S) groups is 1. The minimum Gasteiger partial charge on any atom is -0.406 e. The lowest BCUT2D eigenvalue weighted by Crippen LogP contribution is -2.17. The molecule has 0 radical (unpaired) electrons. The Hall–Kier alpha value is -4.45. The van der Waals surface area contributed by atoms with Crippen molar-refractivity contribution in [1.82, 2.24) is 14.8 Å². The van der Waals surface area contributed by atoms with Crippen molar-refractivity contribution in [3.8, 4) is 22.8 Å². The normalized spacial score (nSPS) is 10.9. The molecule has 3 N–H and O–H groups in total. The first-order valence-corrected chi connectivity index (χ1v) is 11.3. The van der Waals surface area contributed by atoms with Gasteiger partial charge in [0.05, 0.1) is 23.1 Å². The number of hydrogen-bond donors (Lipinski definition) is 2. The summed E-state index contributed by atoms with van der Waals surface area (Å²) in [6, 6.07) is 20.8. The standard InChI is InChI=1S/C24H21F3N6O.CH3NS/c1-32(2)21-5-3-4-19(14-21)30-29-15-17-6-8-18(9-7-17)23-28-16-33(31-23)20-10-12-22(13-11-20)34-24(25,26)27;2-1-3/h3-16,30H,1-2H3;1H,(H2,2,3). The second-order valence-electron chi connectivity index (χ2n) is 7.63. The monoisotopic (exact) mass is 527 g/mol. The number of nitrogens with one attached hydrogen (secondary N) is 1. The SMILES string of the molecule is CN(C)c1cccc(NN=Cc2ccc(-c3ncn(-c4ccc(OC(F)(F)F)cc4)n3)cc2)c1.NC=S. The van der Waals surface area contributed by atoms with Crippen LogP contribution in [0.5, 0.6) is 5.75 Å². The molecule has 0 spiro atoms. The van der Waals surface area contributed by atoms with E-state index in [-0.39, 0.29) is 5.75 Å². The van der Waals surface area contributed by atoms with Crippen LogP contribution in [0.15, 0.2) is 84.2 Å². The summed E-state index contributed by atoms with van der Waals surface area (Å²) < 4.78 is 42.3. The molecule has 0 aliphatic carbocycles. The van der Waals surface area contributed by atoms with Crippen LogP contribution in [0.25, 0.3) is 17.1 Å². The Kier molecular flexibility index (Phi) is 9.16. The smallest absolute Gasteiger partial charge is 0.406 e. The van der Waals surface area contributed by atoms with Gasteiger partial charge in [-0.05, 0) is 48.0 Å². The molecule has 0 amide bonds. The first-order chi connectivity index (χ1) is 17.7. The Bertz CT molecular complexity index is 1320. The van der Waals surface area contributed by atoms with Gasteiger partial charge in [0.15, 0.2) is 5.82 Å². The zero-order valence-corrected chi connectivity index (χ0v) is 20.7. The summed E-state index contributed by atoms with van der Waals surface area (Å²) >= 11 is 4.05. The van der Waals surface area contributed by atoms with Gasteiger partial charge in [-0.3, -0.25) is 5.43 Å². The van der Waals surface area contributed by atoms with E-state index in [1.165, 1.54) is 35.3 Å². The number of aromatic nitrogens is 3. The van der Waals surface area contributed by atoms with Crippen molar-refractivity contribution < 1.29 is 17.9 Å². The van der Waals surface area contributed by atoms with Crippen molar-refractivity contribution in [3.05, 3.63) is 84.7 Å². The van der Waals surface area contributed by atoms with Crippen LogP contribution in [-0.2, 0) is 0 Å². The van der Waals surface area contributed by atoms with Gasteiger partial charge < -0.3 is 15.4 Å². The number of halogens is 3. The van der Waals surface area contributed by atoms with E-state index < -0.39 is 6.36 Å². The Labute approximate surface area is 217 Å². The van der Waals surface area contributed by atoms with Crippen molar-refractivity contribution in [2.24, 2.45) is 10.8 Å². The summed E-state index contributed by atoms with van der Waals surface area (Å²) in [5.74, 6) is 0.187. The number of nitrogens with two attached hydrogens (primary N) is 1. The van der Waals surface area contributed by atoms with Gasteiger partial charge in [-0.1, -0.05) is 42.5 Å². The fourth-order valence-electron chi connectivity index (χ4n) is 3.07. The summed E-state index contributed by atoms with van der Waals surface area (Å²) in [5.41, 5.74) is 12.8. The van der Waals surface area contributed by atoms with Gasteiger partial charge in [0, 0.05) is 25.3 Å². The number of anilines is 2. The number of hydrazone groups is 1. The van der Waals surface area contributed by atoms with Crippen LogP contribution in [-0.4, -0.2) is 46.9 Å². The molecule has 0 unspecified atom stereocenters. The molecule has 4 rings (SSSR count). The second-order valence-corrected chi connectivity index (χ2v) is 7.90. The minimum atomic E-state index is -4.73. The summed E-state index contributed by atoms with van der Waals surface area (Å²) in [4.78, 5) is 6.30. The molecule has 0 bridgehead atoms. The highest BCUT2D eigenvalue weighted by molar-refractivity contribution is 7.78. The molecule has 0 fully saturated rings. The Morgan fingerprint density at radius 2 is 1.73 bits per heavy atom. The molecule has 1 aromatic heterocycles. The van der Waals surface area contributed by atoms with E-state index in [9.17, 15) is 13.2 Å². The van der Waals surface area contributed by atoms with Gasteiger partial charge in [-0.25, -0.2) is 9.67 Å². The largest absolute Gasteiger partial charge is 0.573 e. The summed E-state index contributed by atoms with van der Waals surface area (Å²) in [6.45, 7) is 0. The van der Waals surface area contributed by atoms with Gasteiger partial charge in [0.2, 0.25) is 0 Å². The molecular weight excluding hydrogens is 503 g/mol. The lowest BCUT2D eigenvalue weighted by atomic mass is 10.1. The maximum atomic E-state index is 12.3. The molecule has 4 aromatic rings. The Morgan fingerprint density at radius 3 is 2.35 bits per heavy atom. The summed E-state index contributed by atoms with van der Waals surface area (Å²) in [6.07, 6.45) is -1.52. The molecule has 0 aliphatic rings. The molecule has 0 aliphatic heterocycles. The van der Waals surface area contributed by atoms with E-state index in [2.05, 4.69) is 43.3 Å². The van der Waals surface area contributed by atoms with E-state index in [1.54, 1.807) is 6.21 Å². The number of ether oxygens (including phenoxy) is 1. The summed E-state index contributed by atoms with van der Waals surface area (Å²) in [7, 11) is 3.95. The van der Waals surface area contributed by atoms with E-state index >= 15 is 0 Å². The molecule has 1 heterocycles. The van der Waals surface area contributed by atoms with E-state index in [0.717, 1.165) is 28.0 Å². The van der Waals surface area contributed by atoms with Crippen LogP contribution in [0.2, 0.25) is 0 Å². The molecule has 0 saturated heterocycles. The third-order valence-corrected chi connectivity index (χ3v) is 4.77. The zero-order valence-electron chi connectivity index (χ0n) is 19.9. The fourth-order valence-corrected chi connectivity index (χ4v) is 3.07. The van der Waals surface area contributed by atoms with Gasteiger partial charge in [0.25, 0.3) is 0 Å². The highest BCUT2D eigenvalue weighted by atomic mass is 32.1.